The molecule has 2 N–H and O–H groups in total. The molecule has 0 radical (unpaired) electrons. The highest BCUT2D eigenvalue weighted by Crippen LogP contribution is 2.27. The molecule has 4 nitrogen and oxygen atoms in total. The van der Waals surface area contributed by atoms with Gasteiger partial charge in [-0.1, -0.05) is 0 Å². The molecule has 1 saturated heterocycles. The van der Waals surface area contributed by atoms with Gasteiger partial charge in [0.15, 0.2) is 0 Å². The quantitative estimate of drug-likeness (QED) is 0.922. The summed E-state index contributed by atoms with van der Waals surface area (Å²) in [5, 5.41) is 0. The predicted octanol–water partition coefficient (Wildman–Crippen LogP) is 2.95. The van der Waals surface area contributed by atoms with Crippen molar-refractivity contribution >= 4 is 32.9 Å². The van der Waals surface area contributed by atoms with Crippen LogP contribution in [0.15, 0.2) is 16.6 Å². The Morgan fingerprint density at radius 3 is 3.11 bits per heavy atom. The van der Waals surface area contributed by atoms with Gasteiger partial charge in [0.1, 0.15) is 5.82 Å². The van der Waals surface area contributed by atoms with Crippen LogP contribution in [0.4, 0.5) is 10.3 Å². The lowest BCUT2D eigenvalue weighted by molar-refractivity contribution is 0.0490. The topological polar surface area (TPSA) is 53.1 Å². The van der Waals surface area contributed by atoms with Gasteiger partial charge in [-0.05, 0) is 34.8 Å². The lowest BCUT2D eigenvalue weighted by Crippen LogP contribution is -2.22. The fourth-order valence-corrected chi connectivity index (χ4v) is 2.87. The summed E-state index contributed by atoms with van der Waals surface area (Å²) in [6.07, 6.45) is 2.18. The molecular weight excluding hydrogens is 313 g/mol. The number of nitrogens with two attached hydrogens (primary N) is 1. The molecule has 102 valence electrons. The molecule has 19 heavy (non-hydrogen) atoms. The summed E-state index contributed by atoms with van der Waals surface area (Å²) in [6, 6.07) is 3.14. The maximum atomic E-state index is 13.7. The van der Waals surface area contributed by atoms with Gasteiger partial charge in [0.05, 0.1) is 22.1 Å². The Morgan fingerprint density at radius 2 is 2.37 bits per heavy atom. The number of nitrogens with zero attached hydrogens (tertiary/aromatic N) is 2. The maximum Gasteiger partial charge on any atom is 0.201 e. The number of ether oxygens (including phenoxy) is 1. The Labute approximate surface area is 118 Å². The van der Waals surface area contributed by atoms with Crippen LogP contribution < -0.4 is 5.73 Å². The summed E-state index contributed by atoms with van der Waals surface area (Å²) in [7, 11) is 0. The highest BCUT2D eigenvalue weighted by molar-refractivity contribution is 9.10. The van der Waals surface area contributed by atoms with Gasteiger partial charge in [-0.2, -0.15) is 0 Å². The zero-order chi connectivity index (χ0) is 13.4. The lowest BCUT2D eigenvalue weighted by Gasteiger charge is -2.23. The van der Waals surface area contributed by atoms with Crippen LogP contribution in [0.3, 0.4) is 0 Å². The first-order valence-electron chi connectivity index (χ1n) is 6.33. The van der Waals surface area contributed by atoms with Gasteiger partial charge in [0.2, 0.25) is 5.95 Å². The highest BCUT2D eigenvalue weighted by Gasteiger charge is 2.18. The average Bonchev–Trinajstić information content (AvgIpc) is 2.68. The summed E-state index contributed by atoms with van der Waals surface area (Å²) in [4.78, 5) is 4.28. The van der Waals surface area contributed by atoms with E-state index in [1.165, 1.54) is 6.07 Å². The van der Waals surface area contributed by atoms with E-state index in [4.69, 9.17) is 10.5 Å². The molecule has 1 aliphatic heterocycles. The van der Waals surface area contributed by atoms with Crippen LogP contribution in [-0.2, 0) is 11.3 Å². The minimum absolute atomic E-state index is 0.298. The largest absolute Gasteiger partial charge is 0.381 e. The first kappa shape index (κ1) is 12.9. The fraction of sp³-hybridized carbons (Fsp3) is 0.462. The van der Waals surface area contributed by atoms with E-state index in [1.54, 1.807) is 6.07 Å². The van der Waals surface area contributed by atoms with Crippen molar-refractivity contribution < 1.29 is 9.13 Å². The Bertz CT molecular complexity index is 607. The zero-order valence-electron chi connectivity index (χ0n) is 10.4. The molecule has 1 fully saturated rings. The van der Waals surface area contributed by atoms with E-state index in [2.05, 4.69) is 20.9 Å². The number of aromatic nitrogens is 2. The van der Waals surface area contributed by atoms with Gasteiger partial charge >= 0.3 is 0 Å². The molecule has 2 aromatic rings. The molecule has 1 aromatic heterocycles. The normalized spacial score (nSPS) is 20.0. The second-order valence-electron chi connectivity index (χ2n) is 4.92. The van der Waals surface area contributed by atoms with Gasteiger partial charge in [-0.15, -0.1) is 0 Å². The second kappa shape index (κ2) is 5.09. The van der Waals surface area contributed by atoms with E-state index in [9.17, 15) is 4.39 Å². The molecule has 3 rings (SSSR count). The Hall–Kier alpha value is -1.14. The van der Waals surface area contributed by atoms with E-state index in [-0.39, 0.29) is 5.82 Å². The number of halogens is 2. The summed E-state index contributed by atoms with van der Waals surface area (Å²) in [5.41, 5.74) is 7.39. The minimum atomic E-state index is -0.298. The van der Waals surface area contributed by atoms with Gasteiger partial charge in [-0.3, -0.25) is 0 Å². The lowest BCUT2D eigenvalue weighted by atomic mass is 10.0. The Morgan fingerprint density at radius 1 is 1.53 bits per heavy atom. The molecular formula is C13H15BrFN3O. The molecule has 1 aliphatic rings. The number of imidazole rings is 1. The molecule has 2 heterocycles. The molecule has 0 aliphatic carbocycles. The fourth-order valence-electron chi connectivity index (χ4n) is 2.54. The Kier molecular flexibility index (Phi) is 3.45. The number of hydrogen-bond acceptors (Lipinski definition) is 3. The van der Waals surface area contributed by atoms with Crippen molar-refractivity contribution in [2.24, 2.45) is 5.92 Å². The summed E-state index contributed by atoms with van der Waals surface area (Å²) >= 11 is 3.16. The monoisotopic (exact) mass is 327 g/mol. The zero-order valence-corrected chi connectivity index (χ0v) is 12.0. The van der Waals surface area contributed by atoms with Crippen LogP contribution in [0.25, 0.3) is 11.0 Å². The van der Waals surface area contributed by atoms with Gasteiger partial charge in [0.25, 0.3) is 0 Å². The first-order chi connectivity index (χ1) is 9.15. The molecule has 1 atom stereocenters. The summed E-state index contributed by atoms with van der Waals surface area (Å²) in [5.74, 6) is 0.548. The van der Waals surface area contributed by atoms with E-state index in [0.717, 1.165) is 38.1 Å². The summed E-state index contributed by atoms with van der Waals surface area (Å²) in [6.45, 7) is 2.29. The number of nitrogen functional groups attached to an aromatic ring is 1. The van der Waals surface area contributed by atoms with Crippen molar-refractivity contribution in [3.8, 4) is 0 Å². The van der Waals surface area contributed by atoms with Crippen molar-refractivity contribution in [1.82, 2.24) is 9.55 Å². The third kappa shape index (κ3) is 2.47. The van der Waals surface area contributed by atoms with Crippen LogP contribution in [0.5, 0.6) is 0 Å². The molecule has 0 bridgehead atoms. The van der Waals surface area contributed by atoms with Crippen LogP contribution in [0.2, 0.25) is 0 Å². The number of fused-ring (bicyclic) bond motifs is 1. The smallest absolute Gasteiger partial charge is 0.201 e. The molecule has 1 aromatic carbocycles. The molecule has 6 heteroatoms. The van der Waals surface area contributed by atoms with Crippen LogP contribution in [0, 0.1) is 11.7 Å². The van der Waals surface area contributed by atoms with E-state index in [1.807, 2.05) is 4.57 Å². The second-order valence-corrected chi connectivity index (χ2v) is 5.77. The minimum Gasteiger partial charge on any atom is -0.381 e. The van der Waals surface area contributed by atoms with Crippen LogP contribution in [-0.4, -0.2) is 22.8 Å². The van der Waals surface area contributed by atoms with Gasteiger partial charge in [0, 0.05) is 25.1 Å². The summed E-state index contributed by atoms with van der Waals surface area (Å²) < 4.78 is 21.4. The van der Waals surface area contributed by atoms with Crippen molar-refractivity contribution in [3.05, 3.63) is 22.4 Å². The third-order valence-corrected chi connectivity index (χ3v) is 4.12. The van der Waals surface area contributed by atoms with Crippen molar-refractivity contribution in [3.63, 3.8) is 0 Å². The van der Waals surface area contributed by atoms with E-state index < -0.39 is 0 Å². The van der Waals surface area contributed by atoms with Crippen LogP contribution >= 0.6 is 15.9 Å². The van der Waals surface area contributed by atoms with E-state index in [0.29, 0.717) is 21.9 Å². The SMILES string of the molecule is Nc1nc2cc(Br)c(F)cc2n1CC1CCCOC1. The third-order valence-electron chi connectivity index (χ3n) is 3.52. The Balaban J connectivity index is 1.97. The van der Waals surface area contributed by atoms with Gasteiger partial charge in [-0.25, -0.2) is 9.37 Å². The maximum absolute atomic E-state index is 13.7. The molecule has 0 spiro atoms. The highest BCUT2D eigenvalue weighted by atomic mass is 79.9. The van der Waals surface area contributed by atoms with Crippen molar-refractivity contribution in [2.45, 2.75) is 19.4 Å². The molecule has 0 saturated carbocycles. The number of anilines is 1. The van der Waals surface area contributed by atoms with Crippen LogP contribution in [0.1, 0.15) is 12.8 Å². The standard InChI is InChI=1S/C13H15BrFN3O/c14-9-4-11-12(5-10(9)15)18(13(16)17-11)6-8-2-1-3-19-7-8/h4-5,8H,1-3,6-7H2,(H2,16,17). The number of rotatable bonds is 2. The van der Waals surface area contributed by atoms with Crippen molar-refractivity contribution in [1.29, 1.82) is 0 Å². The number of hydrogen-bond donors (Lipinski definition) is 1. The molecule has 0 amide bonds. The van der Waals surface area contributed by atoms with E-state index >= 15 is 0 Å². The van der Waals surface area contributed by atoms with Crippen molar-refractivity contribution in [2.75, 3.05) is 18.9 Å². The molecule has 1 unspecified atom stereocenters. The van der Waals surface area contributed by atoms with Gasteiger partial charge < -0.3 is 15.0 Å². The predicted molar refractivity (Wildman–Crippen MR) is 75.3 cm³/mol. The average molecular weight is 328 g/mol. The first-order valence-corrected chi connectivity index (χ1v) is 7.13. The number of benzene rings is 1.